The second kappa shape index (κ2) is 7.69. The van der Waals surface area contributed by atoms with E-state index in [1.54, 1.807) is 18.1 Å². The zero-order valence-corrected chi connectivity index (χ0v) is 15.6. The van der Waals surface area contributed by atoms with Crippen LogP contribution in [0.4, 0.5) is 18.9 Å². The summed E-state index contributed by atoms with van der Waals surface area (Å²) >= 11 is 7.71. The van der Waals surface area contributed by atoms with Crippen molar-refractivity contribution in [2.24, 2.45) is 0 Å². The molecule has 2 heterocycles. The summed E-state index contributed by atoms with van der Waals surface area (Å²) in [6, 6.07) is 4.37. The summed E-state index contributed by atoms with van der Waals surface area (Å²) < 4.78 is 39.5. The van der Waals surface area contributed by atoms with Gasteiger partial charge in [-0.2, -0.15) is 23.0 Å². The van der Waals surface area contributed by atoms with Gasteiger partial charge in [0.05, 0.1) is 28.1 Å². The van der Waals surface area contributed by atoms with Crippen molar-refractivity contribution in [1.82, 2.24) is 14.8 Å². The Morgan fingerprint density at radius 2 is 2.11 bits per heavy atom. The Hall–Kier alpha value is -2.39. The Kier molecular flexibility index (Phi) is 5.52. The van der Waals surface area contributed by atoms with Crippen LogP contribution in [0.25, 0.3) is 5.69 Å². The number of thiazole rings is 1. The van der Waals surface area contributed by atoms with Crippen molar-refractivity contribution in [2.45, 2.75) is 12.6 Å². The van der Waals surface area contributed by atoms with E-state index in [9.17, 15) is 18.0 Å². The molecule has 0 fully saturated rings. The summed E-state index contributed by atoms with van der Waals surface area (Å²) in [5.74, 6) is 0. The molecule has 0 N–H and O–H groups in total. The molecule has 0 saturated carbocycles. The minimum Gasteiger partial charge on any atom is -0.372 e. The van der Waals surface area contributed by atoms with E-state index in [-0.39, 0.29) is 10.7 Å². The highest BCUT2D eigenvalue weighted by Crippen LogP contribution is 2.30. The quantitative estimate of drug-likeness (QED) is 0.632. The van der Waals surface area contributed by atoms with Crippen molar-refractivity contribution in [3.8, 4) is 5.69 Å². The smallest absolute Gasteiger partial charge is 0.372 e. The molecule has 0 saturated heterocycles. The number of aromatic nitrogens is 3. The molecule has 0 atom stereocenters. The molecule has 2 aromatic heterocycles. The highest BCUT2D eigenvalue weighted by atomic mass is 35.5. The van der Waals surface area contributed by atoms with Gasteiger partial charge in [0.25, 0.3) is 5.56 Å². The zero-order valence-electron chi connectivity index (χ0n) is 14.1. The first kappa shape index (κ1) is 19.4. The Bertz CT molecular complexity index is 989. The van der Waals surface area contributed by atoms with Gasteiger partial charge < -0.3 is 4.90 Å². The first-order valence-corrected chi connectivity index (χ1v) is 9.08. The van der Waals surface area contributed by atoms with Crippen molar-refractivity contribution in [3.63, 3.8) is 0 Å². The molecule has 5 nitrogen and oxygen atoms in total. The summed E-state index contributed by atoms with van der Waals surface area (Å²) in [6.07, 6.45) is -0.767. The lowest BCUT2D eigenvalue weighted by molar-refractivity contribution is -0.137. The second-order valence-corrected chi connectivity index (χ2v) is 7.06. The summed E-state index contributed by atoms with van der Waals surface area (Å²) in [5, 5.41) is 6.71. The molecular formula is C17H14ClF3N4OS. The maximum absolute atomic E-state index is 12.9. The number of anilines is 1. The van der Waals surface area contributed by atoms with Gasteiger partial charge in [-0.25, -0.2) is 4.98 Å². The molecule has 3 rings (SSSR count). The van der Waals surface area contributed by atoms with Gasteiger partial charge in [0, 0.05) is 31.6 Å². The third-order valence-electron chi connectivity index (χ3n) is 3.87. The lowest BCUT2D eigenvalue weighted by atomic mass is 10.2. The Morgan fingerprint density at radius 3 is 2.78 bits per heavy atom. The number of rotatable bonds is 5. The number of likely N-dealkylation sites (N-methyl/N-ethyl adjacent to an activating group) is 1. The number of halogens is 4. The van der Waals surface area contributed by atoms with Crippen LogP contribution >= 0.6 is 22.9 Å². The molecule has 0 unspecified atom stereocenters. The molecule has 3 aromatic rings. The van der Waals surface area contributed by atoms with Crippen LogP contribution in [0.15, 0.2) is 46.8 Å². The van der Waals surface area contributed by atoms with Crippen molar-refractivity contribution in [3.05, 3.63) is 68.0 Å². The van der Waals surface area contributed by atoms with E-state index in [0.717, 1.165) is 21.8 Å². The normalized spacial score (nSPS) is 11.6. The van der Waals surface area contributed by atoms with Crippen molar-refractivity contribution in [2.75, 3.05) is 18.5 Å². The van der Waals surface area contributed by atoms with Crippen molar-refractivity contribution < 1.29 is 13.2 Å². The Balaban J connectivity index is 1.88. The van der Waals surface area contributed by atoms with E-state index in [2.05, 4.69) is 10.1 Å². The third-order valence-corrected chi connectivity index (χ3v) is 5.07. The highest BCUT2D eigenvalue weighted by molar-refractivity contribution is 7.09. The molecule has 0 aliphatic heterocycles. The molecule has 1 aromatic carbocycles. The van der Waals surface area contributed by atoms with Gasteiger partial charge in [-0.1, -0.05) is 17.7 Å². The number of benzene rings is 1. The SMILES string of the molecule is CN(CCc1nccs1)c1cnn(-c2cccc(C(F)(F)F)c2)c(=O)c1Cl. The lowest BCUT2D eigenvalue weighted by Crippen LogP contribution is -2.27. The fourth-order valence-corrected chi connectivity index (χ4v) is 3.33. The first-order valence-electron chi connectivity index (χ1n) is 7.82. The maximum Gasteiger partial charge on any atom is 0.416 e. The van der Waals surface area contributed by atoms with E-state index < -0.39 is 17.3 Å². The molecular weight excluding hydrogens is 401 g/mol. The maximum atomic E-state index is 12.9. The van der Waals surface area contributed by atoms with Gasteiger partial charge in [-0.3, -0.25) is 4.79 Å². The summed E-state index contributed by atoms with van der Waals surface area (Å²) in [4.78, 5) is 18.5. The predicted molar refractivity (Wildman–Crippen MR) is 98.9 cm³/mol. The largest absolute Gasteiger partial charge is 0.416 e. The summed E-state index contributed by atoms with van der Waals surface area (Å²) in [6.45, 7) is 0.557. The van der Waals surface area contributed by atoms with Crippen LogP contribution in [0, 0.1) is 0 Å². The van der Waals surface area contributed by atoms with Crippen LogP contribution < -0.4 is 10.5 Å². The molecule has 0 aliphatic rings. The lowest BCUT2D eigenvalue weighted by Gasteiger charge is -2.20. The van der Waals surface area contributed by atoms with Crippen LogP contribution in [0.2, 0.25) is 5.02 Å². The molecule has 27 heavy (non-hydrogen) atoms. The third kappa shape index (κ3) is 4.30. The molecule has 0 amide bonds. The molecule has 0 aliphatic carbocycles. The summed E-state index contributed by atoms with van der Waals surface area (Å²) in [7, 11) is 1.75. The van der Waals surface area contributed by atoms with Crippen LogP contribution in [0.5, 0.6) is 0 Å². The molecule has 142 valence electrons. The predicted octanol–water partition coefficient (Wildman–Crippen LogP) is 4.04. The standard InChI is InChI=1S/C17H14ClF3N4OS/c1-24(7-5-14-22-6-8-27-14)13-10-23-25(16(26)15(13)18)12-4-2-3-11(9-12)17(19,20)21/h2-4,6,8-10H,5,7H2,1H3. The van der Waals surface area contributed by atoms with Crippen LogP contribution in [-0.2, 0) is 12.6 Å². The monoisotopic (exact) mass is 414 g/mol. The topological polar surface area (TPSA) is 51.0 Å². The Morgan fingerprint density at radius 1 is 1.33 bits per heavy atom. The van der Waals surface area contributed by atoms with Gasteiger partial charge in [0.2, 0.25) is 0 Å². The van der Waals surface area contributed by atoms with Gasteiger partial charge in [0.1, 0.15) is 5.02 Å². The second-order valence-electron chi connectivity index (χ2n) is 5.71. The number of hydrogen-bond donors (Lipinski definition) is 0. The van der Waals surface area contributed by atoms with Gasteiger partial charge in [-0.05, 0) is 18.2 Å². The zero-order chi connectivity index (χ0) is 19.6. The highest BCUT2D eigenvalue weighted by Gasteiger charge is 2.30. The summed E-state index contributed by atoms with van der Waals surface area (Å²) in [5.41, 5.74) is -1.15. The minimum absolute atomic E-state index is 0.00582. The molecule has 0 bridgehead atoms. The number of nitrogens with zero attached hydrogens (tertiary/aromatic N) is 4. The Labute approximate surface area is 161 Å². The van der Waals surface area contributed by atoms with Crippen molar-refractivity contribution in [1.29, 1.82) is 0 Å². The molecule has 0 spiro atoms. The van der Waals surface area contributed by atoms with E-state index in [0.29, 0.717) is 18.7 Å². The van der Waals surface area contributed by atoms with E-state index in [4.69, 9.17) is 11.6 Å². The van der Waals surface area contributed by atoms with Crippen LogP contribution in [0.1, 0.15) is 10.6 Å². The average molecular weight is 415 g/mol. The van der Waals surface area contributed by atoms with Gasteiger partial charge in [0.15, 0.2) is 0 Å². The number of hydrogen-bond acceptors (Lipinski definition) is 5. The van der Waals surface area contributed by atoms with Gasteiger partial charge >= 0.3 is 6.18 Å². The van der Waals surface area contributed by atoms with E-state index >= 15 is 0 Å². The molecule has 10 heteroatoms. The van der Waals surface area contributed by atoms with Crippen LogP contribution in [0.3, 0.4) is 0 Å². The average Bonchev–Trinajstić information content (AvgIpc) is 3.15. The van der Waals surface area contributed by atoms with Crippen LogP contribution in [-0.4, -0.2) is 28.4 Å². The van der Waals surface area contributed by atoms with Crippen molar-refractivity contribution >= 4 is 28.6 Å². The van der Waals surface area contributed by atoms with E-state index in [1.165, 1.54) is 29.7 Å². The van der Waals surface area contributed by atoms with E-state index in [1.807, 2.05) is 5.38 Å². The van der Waals surface area contributed by atoms with Gasteiger partial charge in [-0.15, -0.1) is 11.3 Å². The molecule has 0 radical (unpaired) electrons. The fraction of sp³-hybridized carbons (Fsp3) is 0.235. The first-order chi connectivity index (χ1) is 12.8. The minimum atomic E-state index is -4.51. The number of alkyl halides is 3. The fourth-order valence-electron chi connectivity index (χ4n) is 2.45.